The molecule has 1 aromatic carbocycles. The first-order chi connectivity index (χ1) is 13.1. The van der Waals surface area contributed by atoms with Crippen LogP contribution in [0.1, 0.15) is 17.0 Å². The molecule has 3 heterocycles. The second-order valence-corrected chi connectivity index (χ2v) is 7.14. The summed E-state index contributed by atoms with van der Waals surface area (Å²) < 4.78 is 3.63. The predicted molar refractivity (Wildman–Crippen MR) is 102 cm³/mol. The number of para-hydroxylation sites is 1. The normalized spacial score (nSPS) is 19.3. The topological polar surface area (TPSA) is 68.0 Å². The Labute approximate surface area is 158 Å². The maximum Gasteiger partial charge on any atom is 0.227 e. The van der Waals surface area contributed by atoms with Crippen LogP contribution in [-0.4, -0.2) is 50.5 Å². The Bertz CT molecular complexity index is 915. The molecule has 0 bridgehead atoms. The number of rotatable bonds is 5. The highest BCUT2D eigenvalue weighted by atomic mass is 16.2. The number of hydrogen-bond donors (Lipinski definition) is 1. The Morgan fingerprint density at radius 2 is 2.00 bits per heavy atom. The Kier molecular flexibility index (Phi) is 4.77. The molecule has 0 radical (unpaired) electrons. The van der Waals surface area contributed by atoms with Crippen molar-refractivity contribution in [3.63, 3.8) is 0 Å². The largest absolute Gasteiger partial charge is 0.341 e. The van der Waals surface area contributed by atoms with E-state index in [1.807, 2.05) is 73.9 Å². The van der Waals surface area contributed by atoms with Crippen LogP contribution in [0.15, 0.2) is 55.1 Å². The third-order valence-corrected chi connectivity index (χ3v) is 5.14. The van der Waals surface area contributed by atoms with Crippen LogP contribution in [0.3, 0.4) is 0 Å². The van der Waals surface area contributed by atoms with Crippen molar-refractivity contribution in [1.82, 2.24) is 29.8 Å². The average molecular weight is 364 g/mol. The van der Waals surface area contributed by atoms with Gasteiger partial charge in [-0.05, 0) is 17.7 Å². The van der Waals surface area contributed by atoms with Gasteiger partial charge in [-0.3, -0.25) is 9.48 Å². The van der Waals surface area contributed by atoms with Gasteiger partial charge in [0.1, 0.15) is 0 Å². The van der Waals surface area contributed by atoms with Crippen LogP contribution in [0, 0.1) is 5.92 Å². The molecule has 7 heteroatoms. The van der Waals surface area contributed by atoms with Crippen molar-refractivity contribution >= 4 is 5.91 Å². The van der Waals surface area contributed by atoms with Gasteiger partial charge in [-0.2, -0.15) is 10.2 Å². The fraction of sp³-hybridized carbons (Fsp3) is 0.350. The van der Waals surface area contributed by atoms with E-state index in [1.165, 1.54) is 0 Å². The van der Waals surface area contributed by atoms with E-state index in [4.69, 9.17) is 0 Å². The summed E-state index contributed by atoms with van der Waals surface area (Å²) in [4.78, 5) is 14.8. The molecule has 140 valence electrons. The summed E-state index contributed by atoms with van der Waals surface area (Å²) in [6.07, 6.45) is 7.66. The first-order valence-corrected chi connectivity index (χ1v) is 9.15. The minimum absolute atomic E-state index is 0.0663. The average Bonchev–Trinajstić information content (AvgIpc) is 3.42. The molecular weight excluding hydrogens is 340 g/mol. The Morgan fingerprint density at radius 1 is 1.19 bits per heavy atom. The minimum atomic E-state index is -0.0663. The monoisotopic (exact) mass is 364 g/mol. The summed E-state index contributed by atoms with van der Waals surface area (Å²) >= 11 is 0. The second kappa shape index (κ2) is 7.36. The quantitative estimate of drug-likeness (QED) is 0.746. The lowest BCUT2D eigenvalue weighted by atomic mass is 9.90. The molecule has 27 heavy (non-hydrogen) atoms. The summed E-state index contributed by atoms with van der Waals surface area (Å²) in [7, 11) is 3.76. The van der Waals surface area contributed by atoms with Gasteiger partial charge in [0.2, 0.25) is 5.91 Å². The molecule has 1 amide bonds. The van der Waals surface area contributed by atoms with Crippen molar-refractivity contribution in [1.29, 1.82) is 0 Å². The maximum atomic E-state index is 13.0. The Balaban J connectivity index is 1.44. The van der Waals surface area contributed by atoms with Gasteiger partial charge in [-0.15, -0.1) is 0 Å². The summed E-state index contributed by atoms with van der Waals surface area (Å²) in [6.45, 7) is 2.05. The molecule has 1 aliphatic heterocycles. The second-order valence-electron chi connectivity index (χ2n) is 7.14. The van der Waals surface area contributed by atoms with E-state index in [9.17, 15) is 4.79 Å². The van der Waals surface area contributed by atoms with E-state index in [0.717, 1.165) is 23.4 Å². The zero-order valence-electron chi connectivity index (χ0n) is 15.6. The summed E-state index contributed by atoms with van der Waals surface area (Å²) in [5, 5.41) is 12.0. The number of carbonyl (C=O) groups excluding carboxylic acids is 1. The highest BCUT2D eigenvalue weighted by Crippen LogP contribution is 2.29. The van der Waals surface area contributed by atoms with E-state index in [1.54, 1.807) is 9.58 Å². The van der Waals surface area contributed by atoms with Crippen molar-refractivity contribution in [3.8, 4) is 5.69 Å². The van der Waals surface area contributed by atoms with E-state index >= 15 is 0 Å². The SMILES string of the molecule is CN(Cc1cnn(-c2ccccc2)c1)C(=O)[C@H]1CNC[C@@H]1c1cnn(C)c1. The number of nitrogens with zero attached hydrogens (tertiary/aromatic N) is 5. The summed E-state index contributed by atoms with van der Waals surface area (Å²) in [6, 6.07) is 9.97. The van der Waals surface area contributed by atoms with Gasteiger partial charge in [-0.25, -0.2) is 4.68 Å². The summed E-state index contributed by atoms with van der Waals surface area (Å²) in [5.74, 6) is 0.255. The summed E-state index contributed by atoms with van der Waals surface area (Å²) in [5.41, 5.74) is 3.14. The minimum Gasteiger partial charge on any atom is -0.341 e. The number of carbonyl (C=O) groups is 1. The Morgan fingerprint density at radius 3 is 2.74 bits per heavy atom. The van der Waals surface area contributed by atoms with Crippen LogP contribution >= 0.6 is 0 Å². The van der Waals surface area contributed by atoms with E-state index in [2.05, 4.69) is 15.5 Å². The molecule has 1 aliphatic rings. The fourth-order valence-corrected chi connectivity index (χ4v) is 3.72. The lowest BCUT2D eigenvalue weighted by Crippen LogP contribution is -2.35. The van der Waals surface area contributed by atoms with Crippen LogP contribution in [0.5, 0.6) is 0 Å². The molecule has 2 atom stereocenters. The van der Waals surface area contributed by atoms with Gasteiger partial charge in [-0.1, -0.05) is 18.2 Å². The van der Waals surface area contributed by atoms with E-state index in [-0.39, 0.29) is 17.7 Å². The molecule has 4 rings (SSSR count). The zero-order chi connectivity index (χ0) is 18.8. The van der Waals surface area contributed by atoms with Crippen molar-refractivity contribution in [2.24, 2.45) is 13.0 Å². The predicted octanol–water partition coefficient (Wildman–Crippen LogP) is 1.57. The first kappa shape index (κ1) is 17.5. The molecule has 0 spiro atoms. The van der Waals surface area contributed by atoms with Crippen molar-refractivity contribution in [2.45, 2.75) is 12.5 Å². The standard InChI is InChI=1S/C20H24N6O/c1-24(12-15-8-23-26(13-15)17-6-4-3-5-7-17)20(27)19-11-21-10-18(19)16-9-22-25(2)14-16/h3-9,13-14,18-19,21H,10-12H2,1-2H3/t18-,19+/m1/s1. The van der Waals surface area contributed by atoms with Gasteiger partial charge in [0, 0.05) is 57.6 Å². The van der Waals surface area contributed by atoms with Crippen LogP contribution in [0.2, 0.25) is 0 Å². The fourth-order valence-electron chi connectivity index (χ4n) is 3.72. The number of hydrogen-bond acceptors (Lipinski definition) is 4. The van der Waals surface area contributed by atoms with Crippen molar-refractivity contribution < 1.29 is 4.79 Å². The molecule has 1 saturated heterocycles. The van der Waals surface area contributed by atoms with Gasteiger partial charge in [0.05, 0.1) is 24.0 Å². The molecule has 1 N–H and O–H groups in total. The molecule has 0 saturated carbocycles. The maximum absolute atomic E-state index is 13.0. The highest BCUT2D eigenvalue weighted by Gasteiger charge is 2.36. The number of benzene rings is 1. The van der Waals surface area contributed by atoms with Gasteiger partial charge in [0.15, 0.2) is 0 Å². The molecule has 0 unspecified atom stereocenters. The number of amides is 1. The molecule has 1 fully saturated rings. The van der Waals surface area contributed by atoms with E-state index < -0.39 is 0 Å². The molecular formula is C20H24N6O. The van der Waals surface area contributed by atoms with Gasteiger partial charge >= 0.3 is 0 Å². The molecule has 2 aromatic heterocycles. The smallest absolute Gasteiger partial charge is 0.227 e. The third kappa shape index (κ3) is 3.64. The highest BCUT2D eigenvalue weighted by molar-refractivity contribution is 5.80. The lowest BCUT2D eigenvalue weighted by Gasteiger charge is -2.23. The molecule has 0 aliphatic carbocycles. The Hall–Kier alpha value is -2.93. The zero-order valence-corrected chi connectivity index (χ0v) is 15.6. The molecule has 7 nitrogen and oxygen atoms in total. The van der Waals surface area contributed by atoms with Crippen LogP contribution in [-0.2, 0) is 18.4 Å². The van der Waals surface area contributed by atoms with Crippen molar-refractivity contribution in [2.75, 3.05) is 20.1 Å². The van der Waals surface area contributed by atoms with Crippen molar-refractivity contribution in [3.05, 3.63) is 66.2 Å². The van der Waals surface area contributed by atoms with Crippen LogP contribution in [0.4, 0.5) is 0 Å². The van der Waals surface area contributed by atoms with Gasteiger partial charge < -0.3 is 10.2 Å². The van der Waals surface area contributed by atoms with Gasteiger partial charge in [0.25, 0.3) is 0 Å². The molecule has 3 aromatic rings. The van der Waals surface area contributed by atoms with E-state index in [0.29, 0.717) is 13.1 Å². The van der Waals surface area contributed by atoms with Crippen LogP contribution < -0.4 is 5.32 Å². The number of aromatic nitrogens is 4. The van der Waals surface area contributed by atoms with Crippen LogP contribution in [0.25, 0.3) is 5.69 Å². The lowest BCUT2D eigenvalue weighted by molar-refractivity contribution is -0.134. The number of aryl methyl sites for hydroxylation is 1. The first-order valence-electron chi connectivity index (χ1n) is 9.15. The third-order valence-electron chi connectivity index (χ3n) is 5.14. The number of nitrogens with one attached hydrogen (secondary N) is 1.